The Hall–Kier alpha value is -2.58. The van der Waals surface area contributed by atoms with Crippen LogP contribution in [0, 0.1) is 5.82 Å². The van der Waals surface area contributed by atoms with Crippen molar-refractivity contribution >= 4 is 22.9 Å². The molecule has 2 heterocycles. The number of likely N-dealkylation sites (N-methyl/N-ethyl adjacent to an activating group) is 1. The second kappa shape index (κ2) is 7.54. The van der Waals surface area contributed by atoms with E-state index in [9.17, 15) is 9.18 Å². The number of benzene rings is 1. The number of nitrogens with one attached hydrogen (secondary N) is 1. The van der Waals surface area contributed by atoms with E-state index in [0.29, 0.717) is 17.5 Å². The third-order valence-electron chi connectivity index (χ3n) is 3.71. The fraction of sp³-hybridized carbons (Fsp3) is 0.235. The highest BCUT2D eigenvalue weighted by atomic mass is 32.1. The summed E-state index contributed by atoms with van der Waals surface area (Å²) >= 11 is 1.52. The summed E-state index contributed by atoms with van der Waals surface area (Å²) in [6, 6.07) is 9.23. The number of thiophene rings is 1. The van der Waals surface area contributed by atoms with Gasteiger partial charge in [-0.15, -0.1) is 21.5 Å². The molecule has 1 N–H and O–H groups in total. The Morgan fingerprint density at radius 3 is 2.76 bits per heavy atom. The number of halogens is 1. The van der Waals surface area contributed by atoms with Gasteiger partial charge in [0.15, 0.2) is 0 Å². The molecule has 0 bridgehead atoms. The molecule has 1 atom stereocenters. The van der Waals surface area contributed by atoms with Crippen LogP contribution in [0.1, 0.15) is 18.9 Å². The van der Waals surface area contributed by atoms with Gasteiger partial charge in [0, 0.05) is 5.69 Å². The molecule has 0 spiro atoms. The standard InChI is InChI=1S/C17H17FN4O2S/c1-11(16-20-21-17(24-16)14-4-3-9-25-14)22(2)10-15(23)19-13-7-5-12(18)6-8-13/h3-9,11H,10H2,1-2H3,(H,19,23). The van der Waals surface area contributed by atoms with E-state index in [4.69, 9.17) is 4.42 Å². The second-order valence-corrected chi connectivity index (χ2v) is 6.52. The smallest absolute Gasteiger partial charge is 0.257 e. The van der Waals surface area contributed by atoms with E-state index in [1.165, 1.54) is 35.6 Å². The summed E-state index contributed by atoms with van der Waals surface area (Å²) in [7, 11) is 1.80. The molecule has 130 valence electrons. The predicted molar refractivity (Wildman–Crippen MR) is 93.7 cm³/mol. The summed E-state index contributed by atoms with van der Waals surface area (Å²) in [5.74, 6) is 0.363. The van der Waals surface area contributed by atoms with Gasteiger partial charge in [0.25, 0.3) is 5.89 Å². The van der Waals surface area contributed by atoms with Crippen molar-refractivity contribution < 1.29 is 13.6 Å². The highest BCUT2D eigenvalue weighted by molar-refractivity contribution is 7.13. The van der Waals surface area contributed by atoms with Gasteiger partial charge in [-0.2, -0.15) is 0 Å². The minimum Gasteiger partial charge on any atom is -0.418 e. The van der Waals surface area contributed by atoms with Gasteiger partial charge in [0.05, 0.1) is 17.5 Å². The molecule has 6 nitrogen and oxygen atoms in total. The van der Waals surface area contributed by atoms with Gasteiger partial charge in [-0.05, 0) is 49.7 Å². The van der Waals surface area contributed by atoms with Crippen LogP contribution >= 0.6 is 11.3 Å². The Morgan fingerprint density at radius 1 is 1.32 bits per heavy atom. The molecule has 1 unspecified atom stereocenters. The van der Waals surface area contributed by atoms with E-state index in [1.807, 2.05) is 24.4 Å². The van der Waals surface area contributed by atoms with E-state index in [1.54, 1.807) is 11.9 Å². The molecule has 8 heteroatoms. The Morgan fingerprint density at radius 2 is 2.08 bits per heavy atom. The quantitative estimate of drug-likeness (QED) is 0.728. The predicted octanol–water partition coefficient (Wildman–Crippen LogP) is 3.57. The SMILES string of the molecule is CC(c1nnc(-c2cccs2)o1)N(C)CC(=O)Nc1ccc(F)cc1. The highest BCUT2D eigenvalue weighted by Gasteiger charge is 2.21. The third kappa shape index (κ3) is 4.28. The lowest BCUT2D eigenvalue weighted by molar-refractivity contribution is -0.117. The number of nitrogens with zero attached hydrogens (tertiary/aromatic N) is 3. The first-order chi connectivity index (χ1) is 12.0. The number of anilines is 1. The molecule has 3 rings (SSSR count). The average Bonchev–Trinajstić information content (AvgIpc) is 3.27. The van der Waals surface area contributed by atoms with E-state index in [0.717, 1.165) is 4.88 Å². The van der Waals surface area contributed by atoms with Crippen molar-refractivity contribution in [2.75, 3.05) is 18.9 Å². The van der Waals surface area contributed by atoms with Gasteiger partial charge >= 0.3 is 0 Å². The Balaban J connectivity index is 1.59. The highest BCUT2D eigenvalue weighted by Crippen LogP contribution is 2.26. The van der Waals surface area contributed by atoms with Crippen LogP contribution < -0.4 is 5.32 Å². The molecule has 0 saturated carbocycles. The minimum absolute atomic E-state index is 0.134. The molecule has 0 radical (unpaired) electrons. The summed E-state index contributed by atoms with van der Waals surface area (Å²) in [6.07, 6.45) is 0. The van der Waals surface area contributed by atoms with Crippen molar-refractivity contribution in [2.24, 2.45) is 0 Å². The number of hydrogen-bond donors (Lipinski definition) is 1. The first-order valence-corrected chi connectivity index (χ1v) is 8.54. The van der Waals surface area contributed by atoms with Gasteiger partial charge in [0.1, 0.15) is 5.82 Å². The summed E-state index contributed by atoms with van der Waals surface area (Å²) in [6.45, 7) is 2.02. The summed E-state index contributed by atoms with van der Waals surface area (Å²) < 4.78 is 18.6. The number of carbonyl (C=O) groups excluding carboxylic acids is 1. The molecule has 1 aromatic carbocycles. The molecule has 25 heavy (non-hydrogen) atoms. The molecule has 1 amide bonds. The molecule has 0 aliphatic rings. The first kappa shape index (κ1) is 17.2. The van der Waals surface area contributed by atoms with E-state index < -0.39 is 0 Å². The molecule has 0 aliphatic carbocycles. The maximum Gasteiger partial charge on any atom is 0.257 e. The van der Waals surface area contributed by atoms with Crippen molar-refractivity contribution in [3.05, 3.63) is 53.5 Å². The van der Waals surface area contributed by atoms with Crippen LogP contribution in [0.25, 0.3) is 10.8 Å². The zero-order valence-corrected chi connectivity index (χ0v) is 14.6. The van der Waals surface area contributed by atoms with Crippen LogP contribution in [0.4, 0.5) is 10.1 Å². The zero-order chi connectivity index (χ0) is 17.8. The molecule has 0 aliphatic heterocycles. The van der Waals surface area contributed by atoms with Gasteiger partial charge in [-0.1, -0.05) is 6.07 Å². The number of carbonyl (C=O) groups is 1. The minimum atomic E-state index is -0.346. The van der Waals surface area contributed by atoms with Crippen molar-refractivity contribution in [1.82, 2.24) is 15.1 Å². The lowest BCUT2D eigenvalue weighted by atomic mass is 10.3. The van der Waals surface area contributed by atoms with Crippen LogP contribution in [0.5, 0.6) is 0 Å². The number of rotatable bonds is 6. The number of amides is 1. The monoisotopic (exact) mass is 360 g/mol. The molecule has 0 fully saturated rings. The fourth-order valence-electron chi connectivity index (χ4n) is 2.19. The van der Waals surface area contributed by atoms with Crippen molar-refractivity contribution in [3.8, 4) is 10.8 Å². The van der Waals surface area contributed by atoms with Crippen LogP contribution in [0.3, 0.4) is 0 Å². The van der Waals surface area contributed by atoms with Crippen molar-refractivity contribution in [2.45, 2.75) is 13.0 Å². The Labute approximate surface area is 148 Å². The van der Waals surface area contributed by atoms with E-state index >= 15 is 0 Å². The Bertz CT molecular complexity index is 833. The van der Waals surface area contributed by atoms with Gasteiger partial charge < -0.3 is 9.73 Å². The van der Waals surface area contributed by atoms with Crippen LogP contribution in [-0.4, -0.2) is 34.6 Å². The Kier molecular flexibility index (Phi) is 5.20. The van der Waals surface area contributed by atoms with Crippen molar-refractivity contribution in [3.63, 3.8) is 0 Å². The molecule has 0 saturated heterocycles. The third-order valence-corrected chi connectivity index (χ3v) is 4.57. The average molecular weight is 360 g/mol. The lowest BCUT2D eigenvalue weighted by Crippen LogP contribution is -2.32. The largest absolute Gasteiger partial charge is 0.418 e. The summed E-state index contributed by atoms with van der Waals surface area (Å²) in [4.78, 5) is 14.8. The fourth-order valence-corrected chi connectivity index (χ4v) is 2.83. The van der Waals surface area contributed by atoms with Crippen LogP contribution in [0.2, 0.25) is 0 Å². The lowest BCUT2D eigenvalue weighted by Gasteiger charge is -2.21. The van der Waals surface area contributed by atoms with Gasteiger partial charge in [-0.3, -0.25) is 9.69 Å². The van der Waals surface area contributed by atoms with E-state index in [-0.39, 0.29) is 24.3 Å². The first-order valence-electron chi connectivity index (χ1n) is 7.66. The van der Waals surface area contributed by atoms with Gasteiger partial charge in [0.2, 0.25) is 11.8 Å². The normalized spacial score (nSPS) is 12.3. The summed E-state index contributed by atoms with van der Waals surface area (Å²) in [5.41, 5.74) is 0.547. The topological polar surface area (TPSA) is 71.3 Å². The maximum atomic E-state index is 12.9. The number of hydrogen-bond acceptors (Lipinski definition) is 6. The molecule has 3 aromatic rings. The maximum absolute atomic E-state index is 12.9. The van der Waals surface area contributed by atoms with Crippen molar-refractivity contribution in [1.29, 1.82) is 0 Å². The summed E-state index contributed by atoms with van der Waals surface area (Å²) in [5, 5.41) is 12.8. The molecular weight excluding hydrogens is 343 g/mol. The zero-order valence-electron chi connectivity index (χ0n) is 13.8. The number of aromatic nitrogens is 2. The van der Waals surface area contributed by atoms with Gasteiger partial charge in [-0.25, -0.2) is 4.39 Å². The molecular formula is C17H17FN4O2S. The van der Waals surface area contributed by atoms with Crippen LogP contribution in [0.15, 0.2) is 46.2 Å². The molecule has 2 aromatic heterocycles. The van der Waals surface area contributed by atoms with E-state index in [2.05, 4.69) is 15.5 Å². The van der Waals surface area contributed by atoms with Crippen LogP contribution in [-0.2, 0) is 4.79 Å². The second-order valence-electron chi connectivity index (χ2n) is 5.57.